The van der Waals surface area contributed by atoms with Gasteiger partial charge in [-0.1, -0.05) is 70.9 Å². The van der Waals surface area contributed by atoms with E-state index in [9.17, 15) is 4.39 Å². The maximum atomic E-state index is 13.3. The number of rotatable bonds is 16. The third-order valence-electron chi connectivity index (χ3n) is 5.87. The zero-order chi connectivity index (χ0) is 20.0. The Morgan fingerprint density at radius 2 is 1.52 bits per heavy atom. The van der Waals surface area contributed by atoms with Gasteiger partial charge in [0.2, 0.25) is 0 Å². The third kappa shape index (κ3) is 8.74. The van der Waals surface area contributed by atoms with Crippen LogP contribution in [0, 0.1) is 11.7 Å². The Bertz CT molecular complexity index is 477. The monoisotopic (exact) mass is 380 g/mol. The number of unbranched alkanes of at least 4 members (excludes halogenated alkanes) is 6. The van der Waals surface area contributed by atoms with E-state index in [2.05, 4.69) is 13.8 Å². The van der Waals surface area contributed by atoms with Crippen molar-refractivity contribution >= 4 is 0 Å². The number of benzene rings is 1. The molecule has 0 heterocycles. The van der Waals surface area contributed by atoms with Gasteiger partial charge in [0.25, 0.3) is 0 Å². The molecule has 0 aromatic heterocycles. The lowest BCUT2D eigenvalue weighted by molar-refractivity contribution is -0.244. The second-order valence-corrected chi connectivity index (χ2v) is 7.70. The van der Waals surface area contributed by atoms with E-state index in [1.54, 1.807) is 26.4 Å². The number of aryl methyl sites for hydroxylation is 1. The van der Waals surface area contributed by atoms with Gasteiger partial charge in [-0.3, -0.25) is 0 Å². The second kappa shape index (κ2) is 14.1. The van der Waals surface area contributed by atoms with Crippen LogP contribution in [0.25, 0.3) is 0 Å². The molecule has 0 N–H and O–H groups in total. The average Bonchev–Trinajstić information content (AvgIpc) is 2.68. The molecule has 0 aliphatic heterocycles. The van der Waals surface area contributed by atoms with Crippen LogP contribution in [0.3, 0.4) is 0 Å². The largest absolute Gasteiger partial charge is 0.353 e. The maximum Gasteiger partial charge on any atom is 0.170 e. The third-order valence-corrected chi connectivity index (χ3v) is 5.87. The van der Waals surface area contributed by atoms with Crippen LogP contribution in [0.15, 0.2) is 24.3 Å². The molecule has 1 aromatic carbocycles. The van der Waals surface area contributed by atoms with Crippen LogP contribution in [0.4, 0.5) is 4.39 Å². The Morgan fingerprint density at radius 1 is 0.889 bits per heavy atom. The van der Waals surface area contributed by atoms with Gasteiger partial charge < -0.3 is 9.47 Å². The molecule has 0 aliphatic rings. The summed E-state index contributed by atoms with van der Waals surface area (Å²) in [5.74, 6) is -0.198. The highest BCUT2D eigenvalue weighted by molar-refractivity contribution is 5.16. The van der Waals surface area contributed by atoms with Gasteiger partial charge in [-0.05, 0) is 49.8 Å². The summed E-state index contributed by atoms with van der Waals surface area (Å²) >= 11 is 0. The van der Waals surface area contributed by atoms with Crippen molar-refractivity contribution in [2.24, 2.45) is 5.92 Å². The Kier molecular flexibility index (Phi) is 12.6. The fourth-order valence-corrected chi connectivity index (χ4v) is 4.16. The van der Waals surface area contributed by atoms with Crippen LogP contribution in [-0.4, -0.2) is 20.0 Å². The van der Waals surface area contributed by atoms with Crippen molar-refractivity contribution < 1.29 is 13.9 Å². The highest BCUT2D eigenvalue weighted by Crippen LogP contribution is 2.34. The molecule has 1 aromatic rings. The van der Waals surface area contributed by atoms with E-state index in [4.69, 9.17) is 9.47 Å². The van der Waals surface area contributed by atoms with Gasteiger partial charge in [-0.25, -0.2) is 4.39 Å². The summed E-state index contributed by atoms with van der Waals surface area (Å²) < 4.78 is 25.0. The first-order chi connectivity index (χ1) is 13.1. The van der Waals surface area contributed by atoms with E-state index in [-0.39, 0.29) is 5.82 Å². The van der Waals surface area contributed by atoms with Gasteiger partial charge in [-0.2, -0.15) is 0 Å². The number of hydrogen-bond acceptors (Lipinski definition) is 2. The van der Waals surface area contributed by atoms with Gasteiger partial charge in [0.05, 0.1) is 0 Å². The molecular weight excluding hydrogens is 339 g/mol. The van der Waals surface area contributed by atoms with Crippen molar-refractivity contribution in [3.8, 4) is 0 Å². The fraction of sp³-hybridized carbons (Fsp3) is 0.750. The van der Waals surface area contributed by atoms with E-state index in [1.165, 1.54) is 44.6 Å². The Hall–Kier alpha value is -0.930. The topological polar surface area (TPSA) is 18.5 Å². The van der Waals surface area contributed by atoms with Crippen molar-refractivity contribution in [2.75, 3.05) is 14.2 Å². The molecule has 1 rings (SSSR count). The smallest absolute Gasteiger partial charge is 0.170 e. The molecule has 0 bridgehead atoms. The predicted octanol–water partition coefficient (Wildman–Crippen LogP) is 7.30. The average molecular weight is 381 g/mol. The van der Waals surface area contributed by atoms with Crippen LogP contribution >= 0.6 is 0 Å². The molecule has 0 saturated heterocycles. The summed E-state index contributed by atoms with van der Waals surface area (Å²) in [5.41, 5.74) is 1.09. The maximum absolute atomic E-state index is 13.3. The second-order valence-electron chi connectivity index (χ2n) is 7.70. The number of halogens is 1. The van der Waals surface area contributed by atoms with Crippen molar-refractivity contribution in [3.05, 3.63) is 35.6 Å². The molecule has 156 valence electrons. The van der Waals surface area contributed by atoms with E-state index in [1.807, 2.05) is 6.07 Å². The molecular formula is C24H41FO2. The van der Waals surface area contributed by atoms with Crippen LogP contribution in [0.5, 0.6) is 0 Å². The summed E-state index contributed by atoms with van der Waals surface area (Å²) in [6, 6.07) is 6.96. The molecule has 0 fully saturated rings. The SMILES string of the molecule is CCCCCCCCC(CCCCc1cccc(F)c1)C(CC)(OC)OC. The summed E-state index contributed by atoms with van der Waals surface area (Å²) in [4.78, 5) is 0. The lowest BCUT2D eigenvalue weighted by Gasteiger charge is -2.38. The number of ether oxygens (including phenoxy) is 2. The van der Waals surface area contributed by atoms with E-state index >= 15 is 0 Å². The molecule has 0 aliphatic carbocycles. The van der Waals surface area contributed by atoms with Crippen LogP contribution in [0.1, 0.15) is 90.0 Å². The number of methoxy groups -OCH3 is 2. The zero-order valence-corrected chi connectivity index (χ0v) is 18.1. The Balaban J connectivity index is 2.49. The fourth-order valence-electron chi connectivity index (χ4n) is 4.16. The highest BCUT2D eigenvalue weighted by Gasteiger charge is 2.36. The van der Waals surface area contributed by atoms with Crippen molar-refractivity contribution in [2.45, 2.75) is 96.7 Å². The lowest BCUT2D eigenvalue weighted by atomic mass is 9.85. The summed E-state index contributed by atoms with van der Waals surface area (Å²) in [6.45, 7) is 4.40. The first-order valence-corrected chi connectivity index (χ1v) is 11.0. The quantitative estimate of drug-likeness (QED) is 0.221. The Labute approximate surface area is 166 Å². The minimum atomic E-state index is -0.470. The highest BCUT2D eigenvalue weighted by atomic mass is 19.1. The lowest BCUT2D eigenvalue weighted by Crippen LogP contribution is -2.41. The predicted molar refractivity (Wildman–Crippen MR) is 112 cm³/mol. The van der Waals surface area contributed by atoms with Crippen molar-refractivity contribution in [1.82, 2.24) is 0 Å². The van der Waals surface area contributed by atoms with Gasteiger partial charge in [0, 0.05) is 20.1 Å². The molecule has 0 amide bonds. The number of hydrogen-bond donors (Lipinski definition) is 0. The zero-order valence-electron chi connectivity index (χ0n) is 18.1. The molecule has 2 nitrogen and oxygen atoms in total. The standard InChI is InChI=1S/C24H41FO2/c1-5-7-8-9-10-11-17-22(24(6-2,26-3)27-4)18-13-12-15-21-16-14-19-23(25)20-21/h14,16,19-20,22H,5-13,15,17-18H2,1-4H3. The minimum absolute atomic E-state index is 0.141. The molecule has 0 radical (unpaired) electrons. The van der Waals surface area contributed by atoms with E-state index in [0.717, 1.165) is 44.1 Å². The van der Waals surface area contributed by atoms with Crippen molar-refractivity contribution in [3.63, 3.8) is 0 Å². The molecule has 3 heteroatoms. The van der Waals surface area contributed by atoms with Gasteiger partial charge in [-0.15, -0.1) is 0 Å². The van der Waals surface area contributed by atoms with Crippen LogP contribution in [0.2, 0.25) is 0 Å². The first-order valence-electron chi connectivity index (χ1n) is 11.0. The summed E-state index contributed by atoms with van der Waals surface area (Å²) in [6.07, 6.45) is 14.1. The molecule has 1 atom stereocenters. The first kappa shape index (κ1) is 24.1. The van der Waals surface area contributed by atoms with Crippen molar-refractivity contribution in [1.29, 1.82) is 0 Å². The van der Waals surface area contributed by atoms with E-state index in [0.29, 0.717) is 5.92 Å². The summed E-state index contributed by atoms with van der Waals surface area (Å²) in [5, 5.41) is 0. The van der Waals surface area contributed by atoms with Gasteiger partial charge >= 0.3 is 0 Å². The minimum Gasteiger partial charge on any atom is -0.353 e. The van der Waals surface area contributed by atoms with Crippen LogP contribution < -0.4 is 0 Å². The molecule has 1 unspecified atom stereocenters. The normalized spacial score (nSPS) is 13.1. The summed E-state index contributed by atoms with van der Waals surface area (Å²) in [7, 11) is 3.54. The van der Waals surface area contributed by atoms with E-state index < -0.39 is 5.79 Å². The molecule has 0 spiro atoms. The molecule has 27 heavy (non-hydrogen) atoms. The van der Waals surface area contributed by atoms with Gasteiger partial charge in [0.1, 0.15) is 5.82 Å². The van der Waals surface area contributed by atoms with Crippen LogP contribution in [-0.2, 0) is 15.9 Å². The Morgan fingerprint density at radius 3 is 2.11 bits per heavy atom. The molecule has 0 saturated carbocycles. The van der Waals surface area contributed by atoms with Gasteiger partial charge in [0.15, 0.2) is 5.79 Å².